The van der Waals surface area contributed by atoms with Crippen molar-refractivity contribution in [3.05, 3.63) is 91.2 Å². The minimum Gasteiger partial charge on any atom is -0.365 e. The number of aryl methyl sites for hydroxylation is 1. The summed E-state index contributed by atoms with van der Waals surface area (Å²) in [5, 5.41) is 0.530. The second-order valence-corrected chi connectivity index (χ2v) is 9.84. The first kappa shape index (κ1) is 21.0. The fourth-order valence-electron chi connectivity index (χ4n) is 4.79. The number of halogens is 1. The molecule has 3 heterocycles. The summed E-state index contributed by atoms with van der Waals surface area (Å²) in [7, 11) is 3.25. The van der Waals surface area contributed by atoms with Crippen LogP contribution in [0.5, 0.6) is 0 Å². The van der Waals surface area contributed by atoms with Crippen LogP contribution < -0.4 is 11.2 Å². The summed E-state index contributed by atoms with van der Waals surface area (Å²) < 4.78 is 12.3. The third-order valence-corrected chi connectivity index (χ3v) is 6.76. The molecule has 5 rings (SSSR count). The molecule has 32 heavy (non-hydrogen) atoms. The van der Waals surface area contributed by atoms with Crippen LogP contribution >= 0.6 is 15.9 Å². The minimum absolute atomic E-state index is 0.303. The number of hydrogen-bond acceptors (Lipinski definition) is 3. The van der Waals surface area contributed by atoms with Crippen LogP contribution in [0.3, 0.4) is 0 Å². The highest BCUT2D eigenvalue weighted by molar-refractivity contribution is 9.10. The first-order valence-electron chi connectivity index (χ1n) is 10.5. The van der Waals surface area contributed by atoms with Crippen LogP contribution in [0.2, 0.25) is 0 Å². The van der Waals surface area contributed by atoms with E-state index < -0.39 is 11.6 Å². The van der Waals surface area contributed by atoms with E-state index in [1.165, 1.54) is 11.6 Å². The van der Waals surface area contributed by atoms with E-state index in [1.54, 1.807) is 11.6 Å². The Bertz CT molecular complexity index is 1480. The Labute approximate surface area is 193 Å². The Morgan fingerprint density at radius 2 is 1.72 bits per heavy atom. The van der Waals surface area contributed by atoms with E-state index in [9.17, 15) is 9.59 Å². The van der Waals surface area contributed by atoms with Gasteiger partial charge in [-0.25, -0.2) is 4.79 Å². The number of ether oxygens (including phenoxy) is 1. The standard InChI is InChI=1S/C25H24BrN3O3/c1-25(2)14-32-22(15-9-6-5-7-10-15)21-20-18(23(30)28(4)24(31)27(20)3)19(29(21)25)16-11-8-12-17(26)13-16/h5-13,22H,14H2,1-4H3/t22-/m1/s1. The Kier molecular flexibility index (Phi) is 4.80. The number of benzene rings is 2. The summed E-state index contributed by atoms with van der Waals surface area (Å²) in [6.07, 6.45) is -0.398. The lowest BCUT2D eigenvalue weighted by Crippen LogP contribution is -2.40. The quantitative estimate of drug-likeness (QED) is 0.417. The van der Waals surface area contributed by atoms with Crippen molar-refractivity contribution in [2.24, 2.45) is 14.1 Å². The summed E-state index contributed by atoms with van der Waals surface area (Å²) in [5.41, 5.74) is 3.06. The Morgan fingerprint density at radius 3 is 2.41 bits per heavy atom. The molecule has 0 saturated carbocycles. The number of hydrogen-bond donors (Lipinski definition) is 0. The van der Waals surface area contributed by atoms with Crippen LogP contribution in [0.4, 0.5) is 0 Å². The van der Waals surface area contributed by atoms with Gasteiger partial charge in [-0.1, -0.05) is 58.4 Å². The van der Waals surface area contributed by atoms with Gasteiger partial charge in [-0.3, -0.25) is 13.9 Å². The van der Waals surface area contributed by atoms with Gasteiger partial charge in [0.15, 0.2) is 0 Å². The van der Waals surface area contributed by atoms with Crippen molar-refractivity contribution in [3.63, 3.8) is 0 Å². The average Bonchev–Trinajstić information content (AvgIpc) is 3.14. The summed E-state index contributed by atoms with van der Waals surface area (Å²) in [4.78, 5) is 26.5. The van der Waals surface area contributed by atoms with Gasteiger partial charge in [-0.15, -0.1) is 0 Å². The second kappa shape index (κ2) is 7.32. The van der Waals surface area contributed by atoms with Crippen LogP contribution in [-0.2, 0) is 24.4 Å². The van der Waals surface area contributed by atoms with Crippen molar-refractivity contribution in [2.75, 3.05) is 6.61 Å². The molecule has 4 aromatic rings. The topological polar surface area (TPSA) is 58.2 Å². The second-order valence-electron chi connectivity index (χ2n) is 8.92. The van der Waals surface area contributed by atoms with Crippen LogP contribution in [0.15, 0.2) is 68.7 Å². The van der Waals surface area contributed by atoms with Gasteiger partial charge in [0.1, 0.15) is 6.10 Å². The number of rotatable bonds is 2. The van der Waals surface area contributed by atoms with E-state index in [0.29, 0.717) is 17.5 Å². The lowest BCUT2D eigenvalue weighted by molar-refractivity contribution is -0.00707. The van der Waals surface area contributed by atoms with E-state index >= 15 is 0 Å². The van der Waals surface area contributed by atoms with Crippen molar-refractivity contribution < 1.29 is 4.74 Å². The average molecular weight is 494 g/mol. The summed E-state index contributed by atoms with van der Waals surface area (Å²) in [6.45, 7) is 4.66. The highest BCUT2D eigenvalue weighted by Crippen LogP contribution is 2.45. The molecule has 0 saturated heterocycles. The SMILES string of the molecule is Cn1c(=O)c2c(-c3cccc(Br)c3)n3c(c2n(C)c1=O)[C@@H](c1ccccc1)OCC3(C)C. The van der Waals surface area contributed by atoms with Gasteiger partial charge in [0, 0.05) is 24.1 Å². The maximum absolute atomic E-state index is 13.5. The molecule has 0 aliphatic carbocycles. The van der Waals surface area contributed by atoms with Crippen molar-refractivity contribution in [3.8, 4) is 11.3 Å². The van der Waals surface area contributed by atoms with Gasteiger partial charge < -0.3 is 9.30 Å². The zero-order chi connectivity index (χ0) is 22.8. The van der Waals surface area contributed by atoms with Crippen LogP contribution in [-0.4, -0.2) is 20.3 Å². The molecule has 2 aromatic heterocycles. The third kappa shape index (κ3) is 2.95. The van der Waals surface area contributed by atoms with Crippen LogP contribution in [0, 0.1) is 0 Å². The summed E-state index contributed by atoms with van der Waals surface area (Å²) in [6, 6.07) is 17.9. The molecule has 0 amide bonds. The predicted molar refractivity (Wildman–Crippen MR) is 129 cm³/mol. The smallest absolute Gasteiger partial charge is 0.331 e. The van der Waals surface area contributed by atoms with E-state index in [0.717, 1.165) is 27.0 Å². The van der Waals surface area contributed by atoms with E-state index in [4.69, 9.17) is 4.74 Å². The predicted octanol–water partition coefficient (Wildman–Crippen LogP) is 4.32. The summed E-state index contributed by atoms with van der Waals surface area (Å²) in [5.74, 6) is 0. The van der Waals surface area contributed by atoms with Crippen LogP contribution in [0.1, 0.15) is 31.2 Å². The highest BCUT2D eigenvalue weighted by atomic mass is 79.9. The molecular weight excluding hydrogens is 470 g/mol. The van der Waals surface area contributed by atoms with Gasteiger partial charge in [-0.2, -0.15) is 0 Å². The molecule has 1 aliphatic heterocycles. The first-order valence-corrected chi connectivity index (χ1v) is 11.3. The lowest BCUT2D eigenvalue weighted by atomic mass is 9.98. The van der Waals surface area contributed by atoms with Crippen LogP contribution in [0.25, 0.3) is 22.2 Å². The van der Waals surface area contributed by atoms with E-state index in [1.807, 2.05) is 54.6 Å². The third-order valence-electron chi connectivity index (χ3n) is 6.27. The normalized spacial score (nSPS) is 17.5. The zero-order valence-corrected chi connectivity index (χ0v) is 20.0. The van der Waals surface area contributed by atoms with Gasteiger partial charge in [-0.05, 0) is 31.5 Å². The monoisotopic (exact) mass is 493 g/mol. The molecular formula is C25H24BrN3O3. The Balaban J connectivity index is 2.04. The minimum atomic E-state index is -0.432. The van der Waals surface area contributed by atoms with Crippen molar-refractivity contribution in [1.29, 1.82) is 0 Å². The number of nitrogens with zero attached hydrogens (tertiary/aromatic N) is 3. The largest absolute Gasteiger partial charge is 0.365 e. The molecule has 1 atom stereocenters. The fourth-order valence-corrected chi connectivity index (χ4v) is 5.19. The molecule has 0 N–H and O–H groups in total. The Morgan fingerprint density at radius 1 is 1.00 bits per heavy atom. The molecule has 7 heteroatoms. The van der Waals surface area contributed by atoms with Gasteiger partial charge >= 0.3 is 5.69 Å². The van der Waals surface area contributed by atoms with Gasteiger partial charge in [0.25, 0.3) is 5.56 Å². The fraction of sp³-hybridized carbons (Fsp3) is 0.280. The molecule has 2 aromatic carbocycles. The summed E-state index contributed by atoms with van der Waals surface area (Å²) >= 11 is 3.57. The Hall–Kier alpha value is -2.90. The number of aromatic nitrogens is 3. The lowest BCUT2D eigenvalue weighted by Gasteiger charge is -2.39. The van der Waals surface area contributed by atoms with E-state index in [-0.39, 0.29) is 11.2 Å². The molecule has 0 radical (unpaired) electrons. The van der Waals surface area contributed by atoms with Gasteiger partial charge in [0.05, 0.1) is 34.4 Å². The molecule has 0 spiro atoms. The molecule has 0 unspecified atom stereocenters. The molecule has 6 nitrogen and oxygen atoms in total. The van der Waals surface area contributed by atoms with E-state index in [2.05, 4.69) is 34.3 Å². The van der Waals surface area contributed by atoms with Crippen molar-refractivity contribution in [1.82, 2.24) is 13.7 Å². The zero-order valence-electron chi connectivity index (χ0n) is 18.4. The number of fused-ring (bicyclic) bond motifs is 3. The molecule has 0 bridgehead atoms. The highest BCUT2D eigenvalue weighted by Gasteiger charge is 2.40. The van der Waals surface area contributed by atoms with Crippen molar-refractivity contribution >= 4 is 26.8 Å². The molecule has 1 aliphatic rings. The van der Waals surface area contributed by atoms with Crippen molar-refractivity contribution in [2.45, 2.75) is 25.5 Å². The maximum Gasteiger partial charge on any atom is 0.331 e. The first-order chi connectivity index (χ1) is 15.2. The molecule has 0 fully saturated rings. The molecule has 164 valence electrons. The maximum atomic E-state index is 13.5. The van der Waals surface area contributed by atoms with Gasteiger partial charge in [0.2, 0.25) is 0 Å².